The summed E-state index contributed by atoms with van der Waals surface area (Å²) in [5.74, 6) is 1.24. The predicted octanol–water partition coefficient (Wildman–Crippen LogP) is 3.86. The molecular formula is C17H20F2N2O3. The number of alkyl halides is 2. The SMILES string of the molecule is Cc1cc([C@@](C)(O)CNC(=O)Nc2cccc(C(F)F)c2)c(C)o1. The maximum absolute atomic E-state index is 12.6. The van der Waals surface area contributed by atoms with Gasteiger partial charge in [0.15, 0.2) is 0 Å². The van der Waals surface area contributed by atoms with Gasteiger partial charge in [0, 0.05) is 16.8 Å². The van der Waals surface area contributed by atoms with E-state index in [0.29, 0.717) is 17.1 Å². The van der Waals surface area contributed by atoms with Crippen molar-refractivity contribution in [2.45, 2.75) is 32.8 Å². The van der Waals surface area contributed by atoms with Crippen LogP contribution in [-0.2, 0) is 5.60 Å². The van der Waals surface area contributed by atoms with E-state index >= 15 is 0 Å². The highest BCUT2D eigenvalue weighted by Crippen LogP contribution is 2.26. The number of carbonyl (C=O) groups excluding carboxylic acids is 1. The van der Waals surface area contributed by atoms with Gasteiger partial charge in [-0.2, -0.15) is 0 Å². The first-order valence-electron chi connectivity index (χ1n) is 7.42. The number of urea groups is 1. The summed E-state index contributed by atoms with van der Waals surface area (Å²) in [4.78, 5) is 11.9. The molecule has 0 aliphatic heterocycles. The molecule has 1 aromatic heterocycles. The van der Waals surface area contributed by atoms with Gasteiger partial charge in [0.25, 0.3) is 6.43 Å². The Balaban J connectivity index is 1.98. The van der Waals surface area contributed by atoms with Crippen molar-refractivity contribution in [1.29, 1.82) is 0 Å². The lowest BCUT2D eigenvalue weighted by molar-refractivity contribution is 0.0584. The number of hydrogen-bond acceptors (Lipinski definition) is 3. The molecule has 2 aromatic rings. The molecule has 0 spiro atoms. The fourth-order valence-corrected chi connectivity index (χ4v) is 2.44. The van der Waals surface area contributed by atoms with Gasteiger partial charge < -0.3 is 20.2 Å². The zero-order valence-corrected chi connectivity index (χ0v) is 13.7. The van der Waals surface area contributed by atoms with Crippen molar-refractivity contribution in [3.63, 3.8) is 0 Å². The van der Waals surface area contributed by atoms with Crippen LogP contribution in [-0.4, -0.2) is 17.7 Å². The number of aryl methyl sites for hydroxylation is 2. The van der Waals surface area contributed by atoms with Gasteiger partial charge in [-0.3, -0.25) is 0 Å². The highest BCUT2D eigenvalue weighted by Gasteiger charge is 2.28. The minimum absolute atomic E-state index is 0.0623. The van der Waals surface area contributed by atoms with Crippen molar-refractivity contribution in [2.24, 2.45) is 0 Å². The van der Waals surface area contributed by atoms with E-state index in [4.69, 9.17) is 4.42 Å². The quantitative estimate of drug-likeness (QED) is 0.775. The van der Waals surface area contributed by atoms with E-state index in [0.717, 1.165) is 0 Å². The lowest BCUT2D eigenvalue weighted by Gasteiger charge is -2.23. The maximum Gasteiger partial charge on any atom is 0.319 e. The lowest BCUT2D eigenvalue weighted by atomic mass is 9.96. The Morgan fingerprint density at radius 1 is 1.33 bits per heavy atom. The van der Waals surface area contributed by atoms with Crippen LogP contribution >= 0.6 is 0 Å². The highest BCUT2D eigenvalue weighted by molar-refractivity contribution is 5.89. The van der Waals surface area contributed by atoms with Crippen LogP contribution in [0.25, 0.3) is 0 Å². The van der Waals surface area contributed by atoms with Gasteiger partial charge in [-0.05, 0) is 39.0 Å². The zero-order valence-electron chi connectivity index (χ0n) is 13.7. The Hall–Kier alpha value is -2.41. The minimum atomic E-state index is -2.61. The van der Waals surface area contributed by atoms with E-state index < -0.39 is 18.1 Å². The third-order valence-electron chi connectivity index (χ3n) is 3.61. The van der Waals surface area contributed by atoms with Crippen LogP contribution in [0.15, 0.2) is 34.7 Å². The van der Waals surface area contributed by atoms with E-state index in [2.05, 4.69) is 10.6 Å². The van der Waals surface area contributed by atoms with Gasteiger partial charge in [-0.1, -0.05) is 12.1 Å². The number of carbonyl (C=O) groups is 1. The highest BCUT2D eigenvalue weighted by atomic mass is 19.3. The molecule has 0 radical (unpaired) electrons. The van der Waals surface area contributed by atoms with Crippen molar-refractivity contribution in [3.8, 4) is 0 Å². The number of rotatable bonds is 5. The Labute approximate surface area is 138 Å². The van der Waals surface area contributed by atoms with Gasteiger partial charge in [0.05, 0.1) is 6.54 Å². The van der Waals surface area contributed by atoms with E-state index in [1.54, 1.807) is 26.8 Å². The number of benzene rings is 1. The number of hydrogen-bond donors (Lipinski definition) is 3. The molecule has 24 heavy (non-hydrogen) atoms. The first-order chi connectivity index (χ1) is 11.2. The van der Waals surface area contributed by atoms with Gasteiger partial charge in [0.2, 0.25) is 0 Å². The molecule has 1 heterocycles. The fourth-order valence-electron chi connectivity index (χ4n) is 2.44. The summed E-state index contributed by atoms with van der Waals surface area (Å²) in [6.07, 6.45) is -2.61. The van der Waals surface area contributed by atoms with E-state index in [9.17, 15) is 18.7 Å². The summed E-state index contributed by atoms with van der Waals surface area (Å²) < 4.78 is 30.7. The molecule has 1 atom stereocenters. The number of aliphatic hydroxyl groups is 1. The summed E-state index contributed by atoms with van der Waals surface area (Å²) in [6, 6.07) is 6.53. The second kappa shape index (κ2) is 7.00. The van der Waals surface area contributed by atoms with Gasteiger partial charge in [-0.25, -0.2) is 13.6 Å². The Morgan fingerprint density at radius 3 is 2.62 bits per heavy atom. The van der Waals surface area contributed by atoms with Gasteiger partial charge in [0.1, 0.15) is 17.1 Å². The molecule has 0 bridgehead atoms. The molecule has 3 N–H and O–H groups in total. The monoisotopic (exact) mass is 338 g/mol. The molecule has 0 saturated carbocycles. The Kier molecular flexibility index (Phi) is 5.23. The average molecular weight is 338 g/mol. The number of amides is 2. The smallest absolute Gasteiger partial charge is 0.319 e. The standard InChI is InChI=1S/C17H20F2N2O3/c1-10-7-14(11(2)24-10)17(3,23)9-20-16(22)21-13-6-4-5-12(8-13)15(18)19/h4-8,15,23H,9H2,1-3H3,(H2,20,21,22)/t17-/m0/s1. The van der Waals surface area contributed by atoms with E-state index in [1.807, 2.05) is 0 Å². The normalized spacial score (nSPS) is 13.6. The average Bonchev–Trinajstić information content (AvgIpc) is 2.85. The van der Waals surface area contributed by atoms with Crippen LogP contribution in [0.3, 0.4) is 0 Å². The summed E-state index contributed by atoms with van der Waals surface area (Å²) >= 11 is 0. The third kappa shape index (κ3) is 4.32. The van der Waals surface area contributed by atoms with Crippen LogP contribution < -0.4 is 10.6 Å². The van der Waals surface area contributed by atoms with Crippen LogP contribution in [0, 0.1) is 13.8 Å². The summed E-state index contributed by atoms with van der Waals surface area (Å²) in [5, 5.41) is 15.5. The molecule has 0 fully saturated rings. The molecule has 5 nitrogen and oxygen atoms in total. The number of anilines is 1. The molecule has 0 aliphatic carbocycles. The summed E-state index contributed by atoms with van der Waals surface area (Å²) in [6.45, 7) is 4.99. The summed E-state index contributed by atoms with van der Waals surface area (Å²) in [7, 11) is 0. The number of nitrogens with one attached hydrogen (secondary N) is 2. The Morgan fingerprint density at radius 2 is 2.04 bits per heavy atom. The first-order valence-corrected chi connectivity index (χ1v) is 7.42. The molecule has 7 heteroatoms. The molecule has 130 valence electrons. The predicted molar refractivity (Wildman–Crippen MR) is 86.2 cm³/mol. The van der Waals surface area contributed by atoms with Crippen LogP contribution in [0.4, 0.5) is 19.3 Å². The van der Waals surface area contributed by atoms with Crippen molar-refractivity contribution in [3.05, 3.63) is 53.0 Å². The topological polar surface area (TPSA) is 74.5 Å². The first kappa shape index (κ1) is 17.9. The van der Waals surface area contributed by atoms with Crippen LogP contribution in [0.2, 0.25) is 0 Å². The molecule has 2 amide bonds. The second-order valence-electron chi connectivity index (χ2n) is 5.83. The van der Waals surface area contributed by atoms with Gasteiger partial charge in [-0.15, -0.1) is 0 Å². The molecular weight excluding hydrogens is 318 g/mol. The Bertz CT molecular complexity index is 726. The molecule has 0 saturated heterocycles. The minimum Gasteiger partial charge on any atom is -0.466 e. The van der Waals surface area contributed by atoms with E-state index in [1.165, 1.54) is 24.3 Å². The van der Waals surface area contributed by atoms with Crippen molar-refractivity contribution in [2.75, 3.05) is 11.9 Å². The summed E-state index contributed by atoms with van der Waals surface area (Å²) in [5.41, 5.74) is -0.658. The molecule has 2 rings (SSSR count). The van der Waals surface area contributed by atoms with Crippen molar-refractivity contribution < 1.29 is 23.1 Å². The number of halogens is 2. The molecule has 0 aliphatic rings. The fraction of sp³-hybridized carbons (Fsp3) is 0.353. The zero-order chi connectivity index (χ0) is 17.9. The lowest BCUT2D eigenvalue weighted by Crippen LogP contribution is -2.40. The van der Waals surface area contributed by atoms with Crippen LogP contribution in [0.1, 0.15) is 36.0 Å². The van der Waals surface area contributed by atoms with E-state index in [-0.39, 0.29) is 17.8 Å². The van der Waals surface area contributed by atoms with Gasteiger partial charge >= 0.3 is 6.03 Å². The van der Waals surface area contributed by atoms with Crippen molar-refractivity contribution >= 4 is 11.7 Å². The molecule has 0 unspecified atom stereocenters. The van der Waals surface area contributed by atoms with Crippen molar-refractivity contribution in [1.82, 2.24) is 5.32 Å². The van der Waals surface area contributed by atoms with Crippen LogP contribution in [0.5, 0.6) is 0 Å². The maximum atomic E-state index is 12.6. The largest absolute Gasteiger partial charge is 0.466 e. The molecule has 1 aromatic carbocycles. The number of furan rings is 1. The third-order valence-corrected chi connectivity index (χ3v) is 3.61. The second-order valence-corrected chi connectivity index (χ2v) is 5.83.